The Morgan fingerprint density at radius 1 is 1.00 bits per heavy atom. The molecule has 2 fully saturated rings. The maximum atomic E-state index is 13.0. The number of imide groups is 2. The summed E-state index contributed by atoms with van der Waals surface area (Å²) in [6.07, 6.45) is 1.33. The summed E-state index contributed by atoms with van der Waals surface area (Å²) in [5, 5.41) is 2.20. The first-order valence-corrected chi connectivity index (χ1v) is 10.9. The second-order valence-electron chi connectivity index (χ2n) is 9.49. The number of carbonyl (C=O) groups excluding carboxylic acids is 5. The molecule has 3 aliphatic heterocycles. The zero-order chi connectivity index (χ0) is 23.2. The SMILES string of the molecule is CC(C)(C)OC(=O)N1CCC(c2ccc3c(c2)C(=O)N(C2CCC(=O)NC2=O)C3=O)CC1. The van der Waals surface area contributed by atoms with Gasteiger partial charge in [0.05, 0.1) is 11.1 Å². The average molecular weight is 441 g/mol. The van der Waals surface area contributed by atoms with Gasteiger partial charge < -0.3 is 9.64 Å². The lowest BCUT2D eigenvalue weighted by Gasteiger charge is -2.33. The molecule has 0 saturated carbocycles. The zero-order valence-corrected chi connectivity index (χ0v) is 18.5. The molecule has 1 atom stereocenters. The van der Waals surface area contributed by atoms with Crippen molar-refractivity contribution in [2.75, 3.05) is 13.1 Å². The van der Waals surface area contributed by atoms with Gasteiger partial charge in [-0.3, -0.25) is 29.4 Å². The molecule has 32 heavy (non-hydrogen) atoms. The topological polar surface area (TPSA) is 113 Å². The molecule has 9 heteroatoms. The van der Waals surface area contributed by atoms with Crippen molar-refractivity contribution in [2.45, 2.75) is 64.0 Å². The Morgan fingerprint density at radius 3 is 2.28 bits per heavy atom. The van der Waals surface area contributed by atoms with Crippen LogP contribution in [0.25, 0.3) is 0 Å². The Kier molecular flexibility index (Phi) is 5.52. The third kappa shape index (κ3) is 4.11. The summed E-state index contributed by atoms with van der Waals surface area (Å²) >= 11 is 0. The average Bonchev–Trinajstić information content (AvgIpc) is 2.97. The summed E-state index contributed by atoms with van der Waals surface area (Å²) in [6, 6.07) is 4.23. The molecule has 1 N–H and O–H groups in total. The smallest absolute Gasteiger partial charge is 0.410 e. The number of rotatable bonds is 2. The lowest BCUT2D eigenvalue weighted by Crippen LogP contribution is -2.54. The van der Waals surface area contributed by atoms with Crippen LogP contribution in [0.1, 0.15) is 78.7 Å². The molecule has 0 spiro atoms. The van der Waals surface area contributed by atoms with Crippen molar-refractivity contribution in [3.63, 3.8) is 0 Å². The molecule has 0 aromatic heterocycles. The quantitative estimate of drug-likeness (QED) is 0.704. The Balaban J connectivity index is 1.46. The van der Waals surface area contributed by atoms with Crippen molar-refractivity contribution in [1.82, 2.24) is 15.1 Å². The molecule has 170 valence electrons. The molecule has 1 unspecified atom stereocenters. The number of carbonyl (C=O) groups is 5. The van der Waals surface area contributed by atoms with E-state index >= 15 is 0 Å². The van der Waals surface area contributed by atoms with E-state index in [1.165, 1.54) is 0 Å². The second kappa shape index (κ2) is 8.03. The molecule has 9 nitrogen and oxygen atoms in total. The molecule has 0 radical (unpaired) electrons. The summed E-state index contributed by atoms with van der Waals surface area (Å²) in [6.45, 7) is 6.59. The molecule has 3 heterocycles. The van der Waals surface area contributed by atoms with Crippen LogP contribution in [0.5, 0.6) is 0 Å². The van der Waals surface area contributed by atoms with Crippen LogP contribution in [0.4, 0.5) is 4.79 Å². The number of piperidine rings is 2. The number of benzene rings is 1. The fraction of sp³-hybridized carbons (Fsp3) is 0.522. The first kappa shape index (κ1) is 22.0. The molecule has 3 aliphatic rings. The molecule has 4 rings (SSSR count). The lowest BCUT2D eigenvalue weighted by molar-refractivity contribution is -0.136. The fourth-order valence-corrected chi connectivity index (χ4v) is 4.46. The van der Waals surface area contributed by atoms with Gasteiger partial charge in [0.15, 0.2) is 0 Å². The van der Waals surface area contributed by atoms with Crippen LogP contribution in [-0.4, -0.2) is 64.3 Å². The Morgan fingerprint density at radius 2 is 1.66 bits per heavy atom. The van der Waals surface area contributed by atoms with E-state index in [-0.39, 0.29) is 36.0 Å². The van der Waals surface area contributed by atoms with Gasteiger partial charge in [-0.15, -0.1) is 0 Å². The Labute approximate surface area is 186 Å². The van der Waals surface area contributed by atoms with Gasteiger partial charge in [-0.1, -0.05) is 6.07 Å². The van der Waals surface area contributed by atoms with Crippen molar-refractivity contribution < 1.29 is 28.7 Å². The van der Waals surface area contributed by atoms with E-state index in [1.807, 2.05) is 26.8 Å². The first-order valence-electron chi connectivity index (χ1n) is 10.9. The van der Waals surface area contributed by atoms with Gasteiger partial charge in [0, 0.05) is 19.5 Å². The number of hydrogen-bond donors (Lipinski definition) is 1. The number of fused-ring (bicyclic) bond motifs is 1. The molecular weight excluding hydrogens is 414 g/mol. The number of hydrogen-bond acceptors (Lipinski definition) is 6. The van der Waals surface area contributed by atoms with E-state index < -0.39 is 35.3 Å². The second-order valence-corrected chi connectivity index (χ2v) is 9.49. The molecule has 2 saturated heterocycles. The number of likely N-dealkylation sites (tertiary alicyclic amines) is 1. The molecular formula is C23H27N3O6. The van der Waals surface area contributed by atoms with E-state index in [1.54, 1.807) is 17.0 Å². The van der Waals surface area contributed by atoms with Crippen molar-refractivity contribution in [1.29, 1.82) is 0 Å². The highest BCUT2D eigenvalue weighted by molar-refractivity contribution is 6.23. The highest BCUT2D eigenvalue weighted by Gasteiger charge is 2.44. The minimum absolute atomic E-state index is 0.0886. The highest BCUT2D eigenvalue weighted by atomic mass is 16.6. The van der Waals surface area contributed by atoms with Gasteiger partial charge in [0.25, 0.3) is 11.8 Å². The summed E-state index contributed by atoms with van der Waals surface area (Å²) in [4.78, 5) is 64.4. The van der Waals surface area contributed by atoms with E-state index in [0.717, 1.165) is 23.3 Å². The van der Waals surface area contributed by atoms with Gasteiger partial charge in [-0.25, -0.2) is 4.79 Å². The molecule has 1 aromatic rings. The van der Waals surface area contributed by atoms with E-state index in [2.05, 4.69) is 5.32 Å². The van der Waals surface area contributed by atoms with Gasteiger partial charge in [0.2, 0.25) is 11.8 Å². The number of nitrogens with one attached hydrogen (secondary N) is 1. The van der Waals surface area contributed by atoms with Crippen LogP contribution in [0.15, 0.2) is 18.2 Å². The first-order chi connectivity index (χ1) is 15.0. The van der Waals surface area contributed by atoms with Crippen molar-refractivity contribution >= 4 is 29.7 Å². The summed E-state index contributed by atoms with van der Waals surface area (Å²) in [5.41, 5.74) is 0.940. The van der Waals surface area contributed by atoms with E-state index in [9.17, 15) is 24.0 Å². The molecule has 0 aliphatic carbocycles. The van der Waals surface area contributed by atoms with Crippen LogP contribution in [0, 0.1) is 0 Å². The maximum absolute atomic E-state index is 13.0. The summed E-state index contributed by atoms with van der Waals surface area (Å²) in [7, 11) is 0. The van der Waals surface area contributed by atoms with Gasteiger partial charge in [-0.2, -0.15) is 0 Å². The number of ether oxygens (including phenoxy) is 1. The fourth-order valence-electron chi connectivity index (χ4n) is 4.46. The monoisotopic (exact) mass is 441 g/mol. The number of amides is 5. The maximum Gasteiger partial charge on any atom is 0.410 e. The van der Waals surface area contributed by atoms with Crippen LogP contribution < -0.4 is 5.32 Å². The predicted octanol–water partition coefficient (Wildman–Crippen LogP) is 2.20. The highest BCUT2D eigenvalue weighted by Crippen LogP contribution is 2.34. The number of nitrogens with zero attached hydrogens (tertiary/aromatic N) is 2. The Hall–Kier alpha value is -3.23. The summed E-state index contributed by atoms with van der Waals surface area (Å²) in [5.74, 6) is -1.89. The summed E-state index contributed by atoms with van der Waals surface area (Å²) < 4.78 is 5.43. The van der Waals surface area contributed by atoms with Crippen molar-refractivity contribution in [2.24, 2.45) is 0 Å². The van der Waals surface area contributed by atoms with Gasteiger partial charge >= 0.3 is 6.09 Å². The standard InChI is InChI=1S/C23H27N3O6/c1-23(2,3)32-22(31)25-10-8-13(9-11-25)14-4-5-15-16(12-14)21(30)26(20(15)29)17-6-7-18(27)24-19(17)28/h4-5,12-13,17H,6-11H2,1-3H3,(H,24,27,28). The van der Waals surface area contributed by atoms with E-state index in [0.29, 0.717) is 13.1 Å². The third-order valence-electron chi connectivity index (χ3n) is 6.08. The van der Waals surface area contributed by atoms with Crippen LogP contribution in [0.2, 0.25) is 0 Å². The molecule has 0 bridgehead atoms. The lowest BCUT2D eigenvalue weighted by atomic mass is 9.88. The third-order valence-corrected chi connectivity index (χ3v) is 6.08. The molecule has 1 aromatic carbocycles. The largest absolute Gasteiger partial charge is 0.444 e. The minimum Gasteiger partial charge on any atom is -0.444 e. The van der Waals surface area contributed by atoms with Crippen molar-refractivity contribution in [3.8, 4) is 0 Å². The minimum atomic E-state index is -0.972. The van der Waals surface area contributed by atoms with Crippen molar-refractivity contribution in [3.05, 3.63) is 34.9 Å². The molecule has 5 amide bonds. The van der Waals surface area contributed by atoms with Crippen LogP contribution in [-0.2, 0) is 14.3 Å². The van der Waals surface area contributed by atoms with E-state index in [4.69, 9.17) is 4.74 Å². The predicted molar refractivity (Wildman–Crippen MR) is 113 cm³/mol. The van der Waals surface area contributed by atoms with Gasteiger partial charge in [0.1, 0.15) is 11.6 Å². The van der Waals surface area contributed by atoms with Crippen LogP contribution in [0.3, 0.4) is 0 Å². The normalized spacial score (nSPS) is 22.2. The van der Waals surface area contributed by atoms with Gasteiger partial charge in [-0.05, 0) is 63.6 Å². The Bertz CT molecular complexity index is 1000. The van der Waals surface area contributed by atoms with Crippen LogP contribution >= 0.6 is 0 Å². The zero-order valence-electron chi connectivity index (χ0n) is 18.5.